The lowest BCUT2D eigenvalue weighted by atomic mass is 9.91. The van der Waals surface area contributed by atoms with Crippen molar-refractivity contribution in [1.29, 1.82) is 0 Å². The van der Waals surface area contributed by atoms with Crippen molar-refractivity contribution >= 4 is 33.6 Å². The number of nitrogens with one attached hydrogen (secondary N) is 2. The third-order valence-electron chi connectivity index (χ3n) is 7.42. The van der Waals surface area contributed by atoms with Gasteiger partial charge in [-0.05, 0) is 67.3 Å². The quantitative estimate of drug-likeness (QED) is 0.530. The number of carbonyl (C=O) groups is 3. The van der Waals surface area contributed by atoms with Crippen molar-refractivity contribution in [3.63, 3.8) is 0 Å². The van der Waals surface area contributed by atoms with Crippen molar-refractivity contribution in [2.75, 3.05) is 17.5 Å². The van der Waals surface area contributed by atoms with Crippen LogP contribution < -0.4 is 10.0 Å². The second-order valence-electron chi connectivity index (χ2n) is 10.1. The summed E-state index contributed by atoms with van der Waals surface area (Å²) in [4.78, 5) is 42.9. The zero-order valence-electron chi connectivity index (χ0n) is 20.4. The summed E-state index contributed by atoms with van der Waals surface area (Å²) in [7, 11) is -3.44. The van der Waals surface area contributed by atoms with Crippen LogP contribution in [0.2, 0.25) is 0 Å². The lowest BCUT2D eigenvalue weighted by Gasteiger charge is -2.31. The van der Waals surface area contributed by atoms with Gasteiger partial charge in [-0.15, -0.1) is 0 Å². The molecular weight excluding hydrogens is 480 g/mol. The molecule has 2 aromatic rings. The Labute approximate surface area is 210 Å². The molecule has 9 nitrogen and oxygen atoms in total. The molecule has 36 heavy (non-hydrogen) atoms. The van der Waals surface area contributed by atoms with Gasteiger partial charge in [-0.3, -0.25) is 19.2 Å². The molecule has 0 bridgehead atoms. The van der Waals surface area contributed by atoms with Crippen LogP contribution in [0.3, 0.4) is 0 Å². The number of carbonyl (C=O) groups excluding carboxylic acids is 3. The fourth-order valence-corrected chi connectivity index (χ4v) is 5.93. The highest BCUT2D eigenvalue weighted by molar-refractivity contribution is 7.92. The first-order valence-electron chi connectivity index (χ1n) is 12.2. The molecule has 1 aliphatic heterocycles. The van der Waals surface area contributed by atoms with Crippen LogP contribution in [-0.2, 0) is 38.1 Å². The second kappa shape index (κ2) is 8.92. The number of anilines is 1. The molecule has 3 aliphatic rings. The minimum atomic E-state index is -3.44. The maximum atomic E-state index is 13.6. The maximum Gasteiger partial charge on any atom is 0.325 e. The second-order valence-corrected chi connectivity index (χ2v) is 11.8. The Morgan fingerprint density at radius 1 is 1.19 bits per heavy atom. The van der Waals surface area contributed by atoms with Crippen molar-refractivity contribution in [3.05, 3.63) is 65.2 Å². The summed E-state index contributed by atoms with van der Waals surface area (Å²) >= 11 is 0. The van der Waals surface area contributed by atoms with Gasteiger partial charge in [0, 0.05) is 18.3 Å². The van der Waals surface area contributed by atoms with Crippen LogP contribution in [-0.4, -0.2) is 54.9 Å². The number of aryl methyl sites for hydroxylation is 1. The van der Waals surface area contributed by atoms with Crippen LogP contribution in [0.15, 0.2) is 48.5 Å². The van der Waals surface area contributed by atoms with E-state index in [2.05, 4.69) is 10.0 Å². The molecule has 2 fully saturated rings. The number of rotatable bonds is 8. The first kappa shape index (κ1) is 24.3. The summed E-state index contributed by atoms with van der Waals surface area (Å²) in [5, 5.41) is 2.84. The van der Waals surface area contributed by atoms with E-state index in [1.807, 2.05) is 37.3 Å². The van der Waals surface area contributed by atoms with E-state index in [0.717, 1.165) is 35.1 Å². The fraction of sp³-hybridized carbons (Fsp3) is 0.423. The predicted molar refractivity (Wildman–Crippen MR) is 134 cm³/mol. The normalized spacial score (nSPS) is 21.9. The Bertz CT molecular complexity index is 1330. The van der Waals surface area contributed by atoms with E-state index in [1.54, 1.807) is 23.1 Å². The Hall–Kier alpha value is -3.40. The van der Waals surface area contributed by atoms with E-state index in [0.29, 0.717) is 36.6 Å². The standard InChI is InChI=1S/C26H30N4O5S/c1-17(19-8-9-19)29(15-18-6-4-3-5-7-18)23(31)16-30-24(32)26(27-25(30)33)13-12-20-14-21(10-11-22(20)26)28-36(2,34)35/h3-7,10-11,14,17,19,28H,8-9,12-13,15-16H2,1-2H3,(H,27,33)/t17?,26-/m0/s1. The van der Waals surface area contributed by atoms with Crippen molar-refractivity contribution in [2.45, 2.75) is 50.7 Å². The number of nitrogens with zero attached hydrogens (tertiary/aromatic N) is 2. The minimum Gasteiger partial charge on any atom is -0.334 e. The summed E-state index contributed by atoms with van der Waals surface area (Å²) in [6, 6.07) is 14.1. The van der Waals surface area contributed by atoms with Crippen LogP contribution in [0.25, 0.3) is 0 Å². The Kier molecular flexibility index (Phi) is 6.02. The minimum absolute atomic E-state index is 0.0143. The van der Waals surface area contributed by atoms with Gasteiger partial charge >= 0.3 is 6.03 Å². The van der Waals surface area contributed by atoms with Crippen molar-refractivity contribution < 1.29 is 22.8 Å². The van der Waals surface area contributed by atoms with Gasteiger partial charge in [0.15, 0.2) is 0 Å². The smallest absolute Gasteiger partial charge is 0.325 e. The lowest BCUT2D eigenvalue weighted by Crippen LogP contribution is -2.47. The number of urea groups is 1. The highest BCUT2D eigenvalue weighted by atomic mass is 32.2. The average Bonchev–Trinajstić information content (AvgIpc) is 3.58. The molecule has 2 aromatic carbocycles. The van der Waals surface area contributed by atoms with E-state index >= 15 is 0 Å². The summed E-state index contributed by atoms with van der Waals surface area (Å²) in [6.07, 6.45) is 4.06. The Balaban J connectivity index is 1.36. The molecule has 0 aromatic heterocycles. The molecule has 1 saturated carbocycles. The summed E-state index contributed by atoms with van der Waals surface area (Å²) in [5.74, 6) is -0.268. The third kappa shape index (κ3) is 4.57. The molecule has 1 unspecified atom stereocenters. The van der Waals surface area contributed by atoms with Gasteiger partial charge in [0.1, 0.15) is 12.1 Å². The van der Waals surface area contributed by atoms with E-state index in [1.165, 1.54) is 0 Å². The maximum absolute atomic E-state index is 13.6. The van der Waals surface area contributed by atoms with Crippen LogP contribution in [0.5, 0.6) is 0 Å². The Morgan fingerprint density at radius 3 is 2.58 bits per heavy atom. The zero-order valence-corrected chi connectivity index (χ0v) is 21.2. The molecule has 5 rings (SSSR count). The highest BCUT2D eigenvalue weighted by Crippen LogP contribution is 2.42. The molecule has 4 amide bonds. The third-order valence-corrected chi connectivity index (χ3v) is 8.03. The van der Waals surface area contributed by atoms with Crippen LogP contribution in [0.1, 0.15) is 42.9 Å². The summed E-state index contributed by atoms with van der Waals surface area (Å²) in [5.41, 5.74) is 1.60. The predicted octanol–water partition coefficient (Wildman–Crippen LogP) is 2.58. The van der Waals surface area contributed by atoms with E-state index < -0.39 is 27.5 Å². The number of hydrogen-bond donors (Lipinski definition) is 2. The zero-order chi connectivity index (χ0) is 25.7. The molecule has 0 radical (unpaired) electrons. The molecule has 1 heterocycles. The van der Waals surface area contributed by atoms with E-state index in [9.17, 15) is 22.8 Å². The molecule has 1 saturated heterocycles. The number of amides is 4. The average molecular weight is 511 g/mol. The largest absolute Gasteiger partial charge is 0.334 e. The van der Waals surface area contributed by atoms with Crippen molar-refractivity contribution in [2.24, 2.45) is 5.92 Å². The van der Waals surface area contributed by atoms with Crippen LogP contribution in [0, 0.1) is 5.92 Å². The SMILES string of the molecule is CC(C1CC1)N(Cc1ccccc1)C(=O)CN1C(=O)N[C@]2(CCc3cc(NS(C)(=O)=O)ccc32)C1=O. The van der Waals surface area contributed by atoms with Crippen LogP contribution in [0.4, 0.5) is 10.5 Å². The van der Waals surface area contributed by atoms with Gasteiger partial charge in [-0.1, -0.05) is 36.4 Å². The van der Waals surface area contributed by atoms with Gasteiger partial charge in [0.25, 0.3) is 5.91 Å². The first-order valence-corrected chi connectivity index (χ1v) is 14.1. The van der Waals surface area contributed by atoms with Gasteiger partial charge < -0.3 is 10.2 Å². The van der Waals surface area contributed by atoms with Gasteiger partial charge in [0.2, 0.25) is 15.9 Å². The van der Waals surface area contributed by atoms with Crippen molar-refractivity contribution in [3.8, 4) is 0 Å². The van der Waals surface area contributed by atoms with Gasteiger partial charge in [-0.2, -0.15) is 0 Å². The number of hydrogen-bond acceptors (Lipinski definition) is 5. The molecule has 1 spiro atoms. The summed E-state index contributed by atoms with van der Waals surface area (Å²) < 4.78 is 25.6. The monoisotopic (exact) mass is 510 g/mol. The molecule has 190 valence electrons. The number of benzene rings is 2. The van der Waals surface area contributed by atoms with Crippen LogP contribution >= 0.6 is 0 Å². The Morgan fingerprint density at radius 2 is 1.92 bits per heavy atom. The topological polar surface area (TPSA) is 116 Å². The van der Waals surface area contributed by atoms with Crippen molar-refractivity contribution in [1.82, 2.24) is 15.1 Å². The van der Waals surface area contributed by atoms with Gasteiger partial charge in [-0.25, -0.2) is 13.2 Å². The van der Waals surface area contributed by atoms with E-state index in [-0.39, 0.29) is 18.5 Å². The number of sulfonamides is 1. The van der Waals surface area contributed by atoms with Gasteiger partial charge in [0.05, 0.1) is 6.26 Å². The highest BCUT2D eigenvalue weighted by Gasteiger charge is 2.56. The fourth-order valence-electron chi connectivity index (χ4n) is 5.37. The summed E-state index contributed by atoms with van der Waals surface area (Å²) in [6.45, 7) is 2.13. The lowest BCUT2D eigenvalue weighted by molar-refractivity contribution is -0.141. The first-order chi connectivity index (χ1) is 17.1. The molecule has 2 atom stereocenters. The molecule has 10 heteroatoms. The molecule has 2 N–H and O–H groups in total. The number of fused-ring (bicyclic) bond motifs is 2. The van der Waals surface area contributed by atoms with E-state index in [4.69, 9.17) is 0 Å². The molecular formula is C26H30N4O5S. The number of imide groups is 1. The molecule has 2 aliphatic carbocycles.